The summed E-state index contributed by atoms with van der Waals surface area (Å²) >= 11 is 0. The molecule has 0 saturated heterocycles. The van der Waals surface area contributed by atoms with E-state index in [9.17, 15) is 14.0 Å². The average Bonchev–Trinajstić information content (AvgIpc) is 2.87. The fraction of sp³-hybridized carbons (Fsp3) is 0.400. The van der Waals surface area contributed by atoms with Crippen LogP contribution in [0.15, 0.2) is 35.1 Å². The lowest BCUT2D eigenvalue weighted by Gasteiger charge is -2.18. The Labute approximate surface area is 151 Å². The predicted octanol–water partition coefficient (Wildman–Crippen LogP) is 3.04. The van der Waals surface area contributed by atoms with Crippen LogP contribution < -0.4 is 15.6 Å². The normalized spacial score (nSPS) is 13.6. The van der Waals surface area contributed by atoms with Gasteiger partial charge >= 0.3 is 0 Å². The second-order valence-corrected chi connectivity index (χ2v) is 6.38. The quantitative estimate of drug-likeness (QED) is 0.894. The SMILES string of the molecule is CCOc1cc(=O)n2c(c1C(=O)NCc1cccc(F)c1)CCCCC2. The molecule has 0 atom stereocenters. The van der Waals surface area contributed by atoms with Crippen molar-refractivity contribution in [1.29, 1.82) is 0 Å². The summed E-state index contributed by atoms with van der Waals surface area (Å²) in [5, 5.41) is 2.83. The first-order valence-electron chi connectivity index (χ1n) is 9.02. The number of carbonyl (C=O) groups is 1. The Kier molecular flexibility index (Phi) is 5.71. The Morgan fingerprint density at radius 2 is 2.12 bits per heavy atom. The molecule has 1 aromatic carbocycles. The van der Waals surface area contributed by atoms with E-state index in [1.807, 2.05) is 6.92 Å². The molecule has 3 rings (SSSR count). The third kappa shape index (κ3) is 3.95. The van der Waals surface area contributed by atoms with Crippen molar-refractivity contribution >= 4 is 5.91 Å². The third-order valence-corrected chi connectivity index (χ3v) is 4.55. The lowest BCUT2D eigenvalue weighted by atomic mass is 10.1. The number of ether oxygens (including phenoxy) is 1. The Morgan fingerprint density at radius 3 is 2.88 bits per heavy atom. The van der Waals surface area contributed by atoms with Crippen LogP contribution in [-0.4, -0.2) is 17.1 Å². The van der Waals surface area contributed by atoms with Gasteiger partial charge in [-0.2, -0.15) is 0 Å². The highest BCUT2D eigenvalue weighted by atomic mass is 19.1. The van der Waals surface area contributed by atoms with Gasteiger partial charge in [0, 0.05) is 24.8 Å². The summed E-state index contributed by atoms with van der Waals surface area (Å²) in [7, 11) is 0. The molecule has 1 amide bonds. The number of aromatic nitrogens is 1. The van der Waals surface area contributed by atoms with E-state index in [2.05, 4.69) is 5.32 Å². The van der Waals surface area contributed by atoms with Crippen molar-refractivity contribution in [1.82, 2.24) is 9.88 Å². The van der Waals surface area contributed by atoms with Crippen LogP contribution in [0, 0.1) is 5.82 Å². The number of nitrogens with zero attached hydrogens (tertiary/aromatic N) is 1. The molecule has 0 saturated carbocycles. The maximum absolute atomic E-state index is 13.3. The van der Waals surface area contributed by atoms with Gasteiger partial charge in [0.15, 0.2) is 0 Å². The number of carbonyl (C=O) groups excluding carboxylic acids is 1. The number of amides is 1. The zero-order valence-corrected chi connectivity index (χ0v) is 14.9. The summed E-state index contributed by atoms with van der Waals surface area (Å²) in [5.41, 5.74) is 1.70. The van der Waals surface area contributed by atoms with Crippen LogP contribution in [0.4, 0.5) is 4.39 Å². The molecule has 0 bridgehead atoms. The van der Waals surface area contributed by atoms with Crippen molar-refractivity contribution in [2.24, 2.45) is 0 Å². The summed E-state index contributed by atoms with van der Waals surface area (Å²) in [5.74, 6) is -0.322. The average molecular weight is 358 g/mol. The molecule has 0 radical (unpaired) electrons. The first-order valence-corrected chi connectivity index (χ1v) is 9.02. The van der Waals surface area contributed by atoms with Gasteiger partial charge in [-0.1, -0.05) is 18.6 Å². The van der Waals surface area contributed by atoms with E-state index >= 15 is 0 Å². The van der Waals surface area contributed by atoms with Crippen molar-refractivity contribution in [2.45, 2.75) is 45.7 Å². The van der Waals surface area contributed by atoms with Crippen LogP contribution in [0.25, 0.3) is 0 Å². The minimum absolute atomic E-state index is 0.132. The number of benzene rings is 1. The molecular weight excluding hydrogens is 335 g/mol. The summed E-state index contributed by atoms with van der Waals surface area (Å²) in [6, 6.07) is 7.51. The fourth-order valence-electron chi connectivity index (χ4n) is 3.35. The first kappa shape index (κ1) is 18.2. The molecular formula is C20H23FN2O3. The summed E-state index contributed by atoms with van der Waals surface area (Å²) in [6.07, 6.45) is 3.54. The molecule has 0 aliphatic carbocycles. The maximum Gasteiger partial charge on any atom is 0.257 e. The van der Waals surface area contributed by atoms with Crippen LogP contribution in [-0.2, 0) is 19.5 Å². The topological polar surface area (TPSA) is 60.3 Å². The van der Waals surface area contributed by atoms with E-state index in [1.165, 1.54) is 18.2 Å². The van der Waals surface area contributed by atoms with E-state index in [0.717, 1.165) is 25.0 Å². The van der Waals surface area contributed by atoms with Gasteiger partial charge in [-0.15, -0.1) is 0 Å². The van der Waals surface area contributed by atoms with Crippen LogP contribution in [0.5, 0.6) is 5.75 Å². The number of hydrogen-bond acceptors (Lipinski definition) is 3. The van der Waals surface area contributed by atoms with E-state index in [1.54, 1.807) is 16.7 Å². The zero-order chi connectivity index (χ0) is 18.5. The smallest absolute Gasteiger partial charge is 0.257 e. The van der Waals surface area contributed by atoms with Gasteiger partial charge in [0.05, 0.1) is 6.61 Å². The van der Waals surface area contributed by atoms with Crippen LogP contribution in [0.1, 0.15) is 47.8 Å². The molecule has 26 heavy (non-hydrogen) atoms. The molecule has 5 nitrogen and oxygen atoms in total. The Morgan fingerprint density at radius 1 is 1.27 bits per heavy atom. The molecule has 1 aromatic heterocycles. The van der Waals surface area contributed by atoms with Gasteiger partial charge in [-0.3, -0.25) is 9.59 Å². The summed E-state index contributed by atoms with van der Waals surface area (Å²) in [4.78, 5) is 25.3. The molecule has 1 aliphatic heterocycles. The van der Waals surface area contributed by atoms with Gasteiger partial charge < -0.3 is 14.6 Å². The van der Waals surface area contributed by atoms with E-state index in [4.69, 9.17) is 4.74 Å². The highest BCUT2D eigenvalue weighted by Gasteiger charge is 2.23. The fourth-order valence-corrected chi connectivity index (χ4v) is 3.35. The van der Waals surface area contributed by atoms with Crippen LogP contribution in [0.2, 0.25) is 0 Å². The highest BCUT2D eigenvalue weighted by Crippen LogP contribution is 2.25. The Balaban J connectivity index is 1.93. The first-order chi connectivity index (χ1) is 12.6. The molecule has 0 fully saturated rings. The minimum atomic E-state index is -0.341. The minimum Gasteiger partial charge on any atom is -0.493 e. The van der Waals surface area contributed by atoms with E-state index < -0.39 is 0 Å². The van der Waals surface area contributed by atoms with Crippen molar-refractivity contribution in [3.05, 3.63) is 63.3 Å². The van der Waals surface area contributed by atoms with E-state index in [0.29, 0.717) is 36.4 Å². The van der Waals surface area contributed by atoms with Crippen LogP contribution >= 0.6 is 0 Å². The van der Waals surface area contributed by atoms with Gasteiger partial charge in [-0.05, 0) is 43.9 Å². The maximum atomic E-state index is 13.3. The molecule has 2 aromatic rings. The molecule has 138 valence electrons. The van der Waals surface area contributed by atoms with Crippen molar-refractivity contribution in [3.8, 4) is 5.75 Å². The summed E-state index contributed by atoms with van der Waals surface area (Å²) in [6.45, 7) is 3.01. The van der Waals surface area contributed by atoms with Crippen molar-refractivity contribution in [2.75, 3.05) is 6.61 Å². The molecule has 0 spiro atoms. The number of nitrogens with one attached hydrogen (secondary N) is 1. The lowest BCUT2D eigenvalue weighted by Crippen LogP contribution is -2.31. The Hall–Kier alpha value is -2.63. The van der Waals surface area contributed by atoms with Gasteiger partial charge in [0.1, 0.15) is 17.1 Å². The lowest BCUT2D eigenvalue weighted by molar-refractivity contribution is 0.0944. The largest absolute Gasteiger partial charge is 0.493 e. The predicted molar refractivity (Wildman–Crippen MR) is 97.0 cm³/mol. The second-order valence-electron chi connectivity index (χ2n) is 6.38. The molecule has 6 heteroatoms. The molecule has 2 heterocycles. The Bertz CT molecular complexity index is 861. The number of rotatable bonds is 5. The van der Waals surface area contributed by atoms with Crippen molar-refractivity contribution < 1.29 is 13.9 Å². The van der Waals surface area contributed by atoms with E-state index in [-0.39, 0.29) is 23.8 Å². The number of fused-ring (bicyclic) bond motifs is 1. The molecule has 1 aliphatic rings. The zero-order valence-electron chi connectivity index (χ0n) is 14.9. The van der Waals surface area contributed by atoms with Crippen molar-refractivity contribution in [3.63, 3.8) is 0 Å². The second kappa shape index (κ2) is 8.17. The third-order valence-electron chi connectivity index (χ3n) is 4.55. The number of halogens is 1. The van der Waals surface area contributed by atoms with Crippen LogP contribution in [0.3, 0.4) is 0 Å². The molecule has 0 unspecified atom stereocenters. The van der Waals surface area contributed by atoms with Gasteiger partial charge in [-0.25, -0.2) is 4.39 Å². The monoisotopic (exact) mass is 358 g/mol. The molecule has 1 N–H and O–H groups in total. The van der Waals surface area contributed by atoms with Gasteiger partial charge in [0.25, 0.3) is 11.5 Å². The number of pyridine rings is 1. The standard InChI is InChI=1S/C20H23FN2O3/c1-2-26-17-12-18(24)23-10-5-3-4-9-16(23)19(17)20(25)22-13-14-7-6-8-15(21)11-14/h6-8,11-12H,2-5,9-10,13H2,1H3,(H,22,25). The number of hydrogen-bond donors (Lipinski definition) is 1. The van der Waals surface area contributed by atoms with Gasteiger partial charge in [0.2, 0.25) is 0 Å². The highest BCUT2D eigenvalue weighted by molar-refractivity contribution is 5.98. The summed E-state index contributed by atoms with van der Waals surface area (Å²) < 4.78 is 20.6.